The second-order valence-electron chi connectivity index (χ2n) is 6.80. The highest BCUT2D eigenvalue weighted by atomic mass is 16.3. The maximum atomic E-state index is 10.2. The molecular weight excluding hydrogens is 304 g/mol. The van der Waals surface area contributed by atoms with E-state index in [-0.39, 0.29) is 0 Å². The molecule has 7 heteroatoms. The maximum Gasteiger partial charge on any atom is 0.184 e. The number of anilines is 1. The molecule has 0 spiro atoms. The van der Waals surface area contributed by atoms with Crippen LogP contribution in [0.3, 0.4) is 0 Å². The molecule has 1 aliphatic heterocycles. The summed E-state index contributed by atoms with van der Waals surface area (Å²) in [5, 5.41) is 18.8. The summed E-state index contributed by atoms with van der Waals surface area (Å²) in [5.74, 6) is 1.18. The number of benzene rings is 1. The molecule has 1 aliphatic carbocycles. The predicted octanol–water partition coefficient (Wildman–Crippen LogP) is 1.23. The van der Waals surface area contributed by atoms with Crippen molar-refractivity contribution in [3.8, 4) is 0 Å². The average molecular weight is 322 g/mol. The molecule has 1 saturated carbocycles. The Morgan fingerprint density at radius 1 is 1.21 bits per heavy atom. The lowest BCUT2D eigenvalue weighted by atomic mass is 10.1. The number of rotatable bonds is 3. The lowest BCUT2D eigenvalue weighted by Gasteiger charge is -2.29. The highest BCUT2D eigenvalue weighted by Gasteiger charge is 2.55. The van der Waals surface area contributed by atoms with Gasteiger partial charge in [0.05, 0.1) is 12.1 Å². The molecule has 2 aromatic heterocycles. The molecule has 0 radical (unpaired) electrons. The molecule has 3 aromatic rings. The Labute approximate surface area is 139 Å². The Morgan fingerprint density at radius 2 is 2.08 bits per heavy atom. The molecule has 24 heavy (non-hydrogen) atoms. The van der Waals surface area contributed by atoms with Crippen LogP contribution in [0.15, 0.2) is 36.7 Å². The standard InChI is InChI=1S/C17H18N6O/c24-17-6-7-22(10-13(17)8-17)15-14-16(19-11-18-15)23(21-20-14)9-12-4-2-1-3-5-12/h1-5,11,13,24H,6-10H2/t13-,17+/m0/s1. The fraction of sp³-hybridized carbons (Fsp3) is 0.412. The largest absolute Gasteiger partial charge is 0.389 e. The molecule has 7 nitrogen and oxygen atoms in total. The normalized spacial score (nSPS) is 25.7. The Morgan fingerprint density at radius 3 is 2.92 bits per heavy atom. The third-order valence-corrected chi connectivity index (χ3v) is 5.21. The fourth-order valence-corrected chi connectivity index (χ4v) is 3.66. The van der Waals surface area contributed by atoms with Gasteiger partial charge >= 0.3 is 0 Å². The van der Waals surface area contributed by atoms with E-state index in [1.54, 1.807) is 6.33 Å². The third kappa shape index (κ3) is 2.16. The molecule has 1 N–H and O–H groups in total. The number of fused-ring (bicyclic) bond motifs is 2. The minimum absolute atomic E-state index is 0.357. The van der Waals surface area contributed by atoms with E-state index in [1.807, 2.05) is 22.9 Å². The molecule has 2 atom stereocenters. The molecule has 2 fully saturated rings. The summed E-state index contributed by atoms with van der Waals surface area (Å²) in [6.07, 6.45) is 3.27. The zero-order valence-corrected chi connectivity index (χ0v) is 13.2. The van der Waals surface area contributed by atoms with Crippen LogP contribution in [0, 0.1) is 5.92 Å². The van der Waals surface area contributed by atoms with E-state index < -0.39 is 5.60 Å². The van der Waals surface area contributed by atoms with Crippen molar-refractivity contribution in [1.29, 1.82) is 0 Å². The summed E-state index contributed by atoms with van der Waals surface area (Å²) in [6, 6.07) is 10.2. The monoisotopic (exact) mass is 322 g/mol. The molecule has 122 valence electrons. The van der Waals surface area contributed by atoms with Crippen molar-refractivity contribution in [3.05, 3.63) is 42.2 Å². The quantitative estimate of drug-likeness (QED) is 0.781. The lowest BCUT2D eigenvalue weighted by molar-refractivity contribution is 0.114. The van der Waals surface area contributed by atoms with E-state index in [0.29, 0.717) is 12.5 Å². The molecule has 2 aliphatic rings. The van der Waals surface area contributed by atoms with E-state index in [0.717, 1.165) is 48.5 Å². The summed E-state index contributed by atoms with van der Waals surface area (Å²) in [4.78, 5) is 11.0. The number of nitrogens with zero attached hydrogens (tertiary/aromatic N) is 6. The molecule has 0 amide bonds. The fourth-order valence-electron chi connectivity index (χ4n) is 3.66. The molecule has 1 aromatic carbocycles. The topological polar surface area (TPSA) is 80.0 Å². The van der Waals surface area contributed by atoms with Crippen LogP contribution in [0.2, 0.25) is 0 Å². The number of hydrogen-bond acceptors (Lipinski definition) is 6. The van der Waals surface area contributed by atoms with Gasteiger partial charge in [0.2, 0.25) is 0 Å². The summed E-state index contributed by atoms with van der Waals surface area (Å²) >= 11 is 0. The van der Waals surface area contributed by atoms with Crippen LogP contribution in [0.4, 0.5) is 5.82 Å². The lowest BCUT2D eigenvalue weighted by Crippen LogP contribution is -2.37. The van der Waals surface area contributed by atoms with E-state index in [9.17, 15) is 5.11 Å². The second kappa shape index (κ2) is 4.98. The molecular formula is C17H18N6O. The van der Waals surface area contributed by atoms with Crippen LogP contribution in [0.5, 0.6) is 0 Å². The minimum Gasteiger partial charge on any atom is -0.389 e. The number of piperidine rings is 1. The Bertz CT molecular complexity index is 894. The minimum atomic E-state index is -0.423. The Kier molecular flexibility index (Phi) is 2.87. The van der Waals surface area contributed by atoms with Gasteiger partial charge in [-0.05, 0) is 18.4 Å². The highest BCUT2D eigenvalue weighted by molar-refractivity contribution is 5.82. The number of aliphatic hydroxyl groups is 1. The molecule has 0 bridgehead atoms. The molecule has 0 unspecified atom stereocenters. The van der Waals surface area contributed by atoms with Gasteiger partial charge in [-0.25, -0.2) is 14.6 Å². The van der Waals surface area contributed by atoms with Crippen molar-refractivity contribution >= 4 is 17.0 Å². The van der Waals surface area contributed by atoms with Gasteiger partial charge in [-0.3, -0.25) is 0 Å². The third-order valence-electron chi connectivity index (χ3n) is 5.21. The Balaban J connectivity index is 1.48. The van der Waals surface area contributed by atoms with Crippen LogP contribution in [0.1, 0.15) is 18.4 Å². The van der Waals surface area contributed by atoms with E-state index in [2.05, 4.69) is 37.3 Å². The zero-order valence-electron chi connectivity index (χ0n) is 13.2. The smallest absolute Gasteiger partial charge is 0.184 e. The number of aromatic nitrogens is 5. The summed E-state index contributed by atoms with van der Waals surface area (Å²) < 4.78 is 1.81. The second-order valence-corrected chi connectivity index (χ2v) is 6.80. The van der Waals surface area contributed by atoms with Gasteiger partial charge in [0.15, 0.2) is 17.0 Å². The number of hydrogen-bond donors (Lipinski definition) is 1. The first-order chi connectivity index (χ1) is 11.7. The summed E-state index contributed by atoms with van der Waals surface area (Å²) in [6.45, 7) is 2.26. The van der Waals surface area contributed by atoms with Crippen LogP contribution in [0.25, 0.3) is 11.2 Å². The maximum absolute atomic E-state index is 10.2. The van der Waals surface area contributed by atoms with E-state index in [1.165, 1.54) is 0 Å². The van der Waals surface area contributed by atoms with Crippen molar-refractivity contribution in [2.75, 3.05) is 18.0 Å². The van der Waals surface area contributed by atoms with Gasteiger partial charge in [0, 0.05) is 19.0 Å². The van der Waals surface area contributed by atoms with Crippen LogP contribution >= 0.6 is 0 Å². The van der Waals surface area contributed by atoms with Gasteiger partial charge in [-0.2, -0.15) is 0 Å². The van der Waals surface area contributed by atoms with Crippen LogP contribution in [-0.2, 0) is 6.54 Å². The van der Waals surface area contributed by atoms with Crippen molar-refractivity contribution < 1.29 is 5.11 Å². The van der Waals surface area contributed by atoms with Gasteiger partial charge < -0.3 is 10.0 Å². The first-order valence-corrected chi connectivity index (χ1v) is 8.28. The Hall–Kier alpha value is -2.54. The van der Waals surface area contributed by atoms with Crippen molar-refractivity contribution in [3.63, 3.8) is 0 Å². The van der Waals surface area contributed by atoms with Crippen LogP contribution in [-0.4, -0.2) is 48.8 Å². The van der Waals surface area contributed by atoms with Gasteiger partial charge in [-0.1, -0.05) is 35.5 Å². The first-order valence-electron chi connectivity index (χ1n) is 8.28. The van der Waals surface area contributed by atoms with E-state index in [4.69, 9.17) is 0 Å². The van der Waals surface area contributed by atoms with Gasteiger partial charge in [-0.15, -0.1) is 5.10 Å². The van der Waals surface area contributed by atoms with E-state index >= 15 is 0 Å². The summed E-state index contributed by atoms with van der Waals surface area (Å²) in [5.41, 5.74) is 2.22. The van der Waals surface area contributed by atoms with Gasteiger partial charge in [0.1, 0.15) is 6.33 Å². The van der Waals surface area contributed by atoms with Crippen molar-refractivity contribution in [2.24, 2.45) is 5.92 Å². The highest BCUT2D eigenvalue weighted by Crippen LogP contribution is 2.50. The molecule has 3 heterocycles. The first kappa shape index (κ1) is 13.9. The average Bonchev–Trinajstić information content (AvgIpc) is 3.13. The molecule has 1 saturated heterocycles. The van der Waals surface area contributed by atoms with Crippen molar-refractivity contribution in [1.82, 2.24) is 25.0 Å². The SMILES string of the molecule is O[C@@]12CCN(c3ncnc4c3nnn4Cc3ccccc3)C[C@@H]1C2. The van der Waals surface area contributed by atoms with Crippen molar-refractivity contribution in [2.45, 2.75) is 25.0 Å². The molecule has 5 rings (SSSR count). The predicted molar refractivity (Wildman–Crippen MR) is 88.5 cm³/mol. The zero-order chi connectivity index (χ0) is 16.1. The van der Waals surface area contributed by atoms with Crippen LogP contribution < -0.4 is 4.90 Å². The van der Waals surface area contributed by atoms with Gasteiger partial charge in [0.25, 0.3) is 0 Å². The summed E-state index contributed by atoms with van der Waals surface area (Å²) in [7, 11) is 0.